The number of hydrogen-bond acceptors (Lipinski definition) is 4. The molecule has 1 heterocycles. The van der Waals surface area contributed by atoms with Gasteiger partial charge in [0.15, 0.2) is 6.61 Å². The molecule has 0 bridgehead atoms. The van der Waals surface area contributed by atoms with Crippen LogP contribution in [0.4, 0.5) is 11.4 Å². The van der Waals surface area contributed by atoms with Gasteiger partial charge in [0.05, 0.1) is 19.3 Å². The molecule has 0 spiro atoms. The molecule has 2 N–H and O–H groups in total. The van der Waals surface area contributed by atoms with E-state index in [1.165, 1.54) is 0 Å². The van der Waals surface area contributed by atoms with E-state index in [1.54, 1.807) is 30.2 Å². The van der Waals surface area contributed by atoms with Crippen LogP contribution in [-0.2, 0) is 11.3 Å². The van der Waals surface area contributed by atoms with Crippen molar-refractivity contribution in [2.45, 2.75) is 6.54 Å². The molecule has 0 saturated carbocycles. The lowest BCUT2D eigenvalue weighted by Crippen LogP contribution is -2.38. The molecule has 1 amide bonds. The number of hydrogen-bond donors (Lipinski definition) is 1. The first-order valence-electron chi connectivity index (χ1n) is 6.63. The van der Waals surface area contributed by atoms with Crippen LogP contribution in [0.15, 0.2) is 42.5 Å². The molecule has 5 nitrogen and oxygen atoms in total. The van der Waals surface area contributed by atoms with Gasteiger partial charge < -0.3 is 20.1 Å². The number of nitrogen functional groups attached to an aromatic ring is 1. The summed E-state index contributed by atoms with van der Waals surface area (Å²) in [5, 5.41) is 0. The van der Waals surface area contributed by atoms with Crippen LogP contribution >= 0.6 is 0 Å². The Kier molecular flexibility index (Phi) is 3.39. The van der Waals surface area contributed by atoms with E-state index in [9.17, 15) is 4.79 Å². The van der Waals surface area contributed by atoms with Crippen LogP contribution in [0.2, 0.25) is 0 Å². The van der Waals surface area contributed by atoms with Gasteiger partial charge in [0.25, 0.3) is 5.91 Å². The van der Waals surface area contributed by atoms with Crippen molar-refractivity contribution in [1.29, 1.82) is 0 Å². The summed E-state index contributed by atoms with van der Waals surface area (Å²) in [6, 6.07) is 12.9. The lowest BCUT2D eigenvalue weighted by Gasteiger charge is -2.30. The van der Waals surface area contributed by atoms with Gasteiger partial charge in [0.1, 0.15) is 11.5 Å². The number of fused-ring (bicyclic) bond motifs is 1. The highest BCUT2D eigenvalue weighted by atomic mass is 16.5. The summed E-state index contributed by atoms with van der Waals surface area (Å²) in [5.41, 5.74) is 8.04. The molecule has 21 heavy (non-hydrogen) atoms. The summed E-state index contributed by atoms with van der Waals surface area (Å²) in [6.45, 7) is 0.453. The molecule has 1 aliphatic heterocycles. The van der Waals surface area contributed by atoms with Gasteiger partial charge in [0, 0.05) is 17.3 Å². The average Bonchev–Trinajstić information content (AvgIpc) is 2.50. The zero-order chi connectivity index (χ0) is 14.8. The maximum absolute atomic E-state index is 12.2. The molecule has 0 unspecified atom stereocenters. The highest BCUT2D eigenvalue weighted by molar-refractivity contribution is 5.98. The van der Waals surface area contributed by atoms with E-state index >= 15 is 0 Å². The van der Waals surface area contributed by atoms with Gasteiger partial charge in [-0.15, -0.1) is 0 Å². The van der Waals surface area contributed by atoms with E-state index in [2.05, 4.69) is 0 Å². The maximum Gasteiger partial charge on any atom is 0.265 e. The summed E-state index contributed by atoms with van der Waals surface area (Å²) in [6.07, 6.45) is 0. The Balaban J connectivity index is 1.97. The van der Waals surface area contributed by atoms with E-state index in [0.717, 1.165) is 17.0 Å². The van der Waals surface area contributed by atoms with Crippen LogP contribution in [0.25, 0.3) is 0 Å². The molecule has 0 atom stereocenters. The second-order valence-corrected chi connectivity index (χ2v) is 4.81. The van der Waals surface area contributed by atoms with Crippen LogP contribution in [0, 0.1) is 0 Å². The number of para-hydroxylation sites is 1. The van der Waals surface area contributed by atoms with Crippen LogP contribution in [-0.4, -0.2) is 19.6 Å². The van der Waals surface area contributed by atoms with Crippen molar-refractivity contribution >= 4 is 17.3 Å². The van der Waals surface area contributed by atoms with Crippen LogP contribution in [0.1, 0.15) is 5.56 Å². The van der Waals surface area contributed by atoms with E-state index in [0.29, 0.717) is 18.0 Å². The quantitative estimate of drug-likeness (QED) is 0.878. The van der Waals surface area contributed by atoms with Gasteiger partial charge in [-0.1, -0.05) is 18.2 Å². The van der Waals surface area contributed by atoms with Gasteiger partial charge in [0.2, 0.25) is 0 Å². The monoisotopic (exact) mass is 284 g/mol. The minimum atomic E-state index is -0.0850. The van der Waals surface area contributed by atoms with Gasteiger partial charge in [-0.2, -0.15) is 0 Å². The Morgan fingerprint density at radius 2 is 2.10 bits per heavy atom. The third-order valence-corrected chi connectivity index (χ3v) is 3.45. The second kappa shape index (κ2) is 5.36. The number of benzene rings is 2. The Labute approximate surface area is 122 Å². The molecular weight excluding hydrogens is 268 g/mol. The van der Waals surface area contributed by atoms with E-state index in [-0.39, 0.29) is 12.5 Å². The average molecular weight is 284 g/mol. The van der Waals surface area contributed by atoms with Crippen LogP contribution in [0.3, 0.4) is 0 Å². The molecule has 0 radical (unpaired) electrons. The molecule has 0 fully saturated rings. The fraction of sp³-hybridized carbons (Fsp3) is 0.188. The van der Waals surface area contributed by atoms with Gasteiger partial charge in [-0.3, -0.25) is 4.79 Å². The number of anilines is 2. The zero-order valence-electron chi connectivity index (χ0n) is 11.7. The van der Waals surface area contributed by atoms with Crippen molar-refractivity contribution in [2.24, 2.45) is 0 Å². The van der Waals surface area contributed by atoms with Gasteiger partial charge in [-0.25, -0.2) is 0 Å². The molecule has 0 saturated heterocycles. The molecule has 1 aliphatic rings. The molecular formula is C16H16N2O3. The highest BCUT2D eigenvalue weighted by Gasteiger charge is 2.26. The Hall–Kier alpha value is -2.69. The summed E-state index contributed by atoms with van der Waals surface area (Å²) in [7, 11) is 1.62. The molecule has 0 aromatic heterocycles. The number of rotatable bonds is 3. The highest BCUT2D eigenvalue weighted by Crippen LogP contribution is 2.35. The van der Waals surface area contributed by atoms with Crippen molar-refractivity contribution < 1.29 is 14.3 Å². The van der Waals surface area contributed by atoms with Gasteiger partial charge in [-0.05, 0) is 18.2 Å². The second-order valence-electron chi connectivity index (χ2n) is 4.81. The number of ether oxygens (including phenoxy) is 2. The normalized spacial score (nSPS) is 13.6. The fourth-order valence-corrected chi connectivity index (χ4v) is 2.40. The third-order valence-electron chi connectivity index (χ3n) is 3.45. The number of carbonyl (C=O) groups excluding carboxylic acids is 1. The molecule has 2 aromatic carbocycles. The topological polar surface area (TPSA) is 64.8 Å². The predicted molar refractivity (Wildman–Crippen MR) is 80.5 cm³/mol. The van der Waals surface area contributed by atoms with Crippen molar-refractivity contribution in [3.8, 4) is 11.5 Å². The third kappa shape index (κ3) is 2.50. The minimum Gasteiger partial charge on any atom is -0.496 e. The summed E-state index contributed by atoms with van der Waals surface area (Å²) in [4.78, 5) is 13.9. The van der Waals surface area contributed by atoms with Crippen LogP contribution < -0.4 is 20.1 Å². The smallest absolute Gasteiger partial charge is 0.265 e. The first-order valence-corrected chi connectivity index (χ1v) is 6.63. The molecule has 3 rings (SSSR count). The maximum atomic E-state index is 12.2. The predicted octanol–water partition coefficient (Wildman–Crippen LogP) is 2.20. The molecule has 0 aliphatic carbocycles. The van der Waals surface area contributed by atoms with Gasteiger partial charge >= 0.3 is 0 Å². The molecule has 108 valence electrons. The molecule has 5 heteroatoms. The molecule has 2 aromatic rings. The lowest BCUT2D eigenvalue weighted by molar-refractivity contribution is -0.121. The fourth-order valence-electron chi connectivity index (χ4n) is 2.40. The zero-order valence-corrected chi connectivity index (χ0v) is 11.7. The first kappa shape index (κ1) is 13.3. The Bertz CT molecular complexity index is 685. The standard InChI is InChI=1S/C16H16N2O3/c1-20-14-5-3-2-4-11(14)9-18-13-7-6-12(17)8-15(13)21-10-16(18)19/h2-8H,9-10,17H2,1H3. The minimum absolute atomic E-state index is 0.0194. The number of nitrogens with two attached hydrogens (primary N) is 1. The summed E-state index contributed by atoms with van der Waals surface area (Å²) < 4.78 is 10.8. The number of methoxy groups -OCH3 is 1. The SMILES string of the molecule is COc1ccccc1CN1C(=O)COc2cc(N)ccc21. The van der Waals surface area contributed by atoms with Crippen molar-refractivity contribution in [2.75, 3.05) is 24.4 Å². The van der Waals surface area contributed by atoms with Crippen molar-refractivity contribution in [1.82, 2.24) is 0 Å². The first-order chi connectivity index (χ1) is 10.2. The van der Waals surface area contributed by atoms with E-state index in [1.807, 2.05) is 24.3 Å². The largest absolute Gasteiger partial charge is 0.496 e. The van der Waals surface area contributed by atoms with E-state index in [4.69, 9.17) is 15.2 Å². The number of nitrogens with zero attached hydrogens (tertiary/aromatic N) is 1. The van der Waals surface area contributed by atoms with E-state index < -0.39 is 0 Å². The van der Waals surface area contributed by atoms with Crippen LogP contribution in [0.5, 0.6) is 11.5 Å². The van der Waals surface area contributed by atoms with Crippen molar-refractivity contribution in [3.63, 3.8) is 0 Å². The lowest BCUT2D eigenvalue weighted by atomic mass is 10.1. The Morgan fingerprint density at radius 3 is 2.90 bits per heavy atom. The van der Waals surface area contributed by atoms with Crippen molar-refractivity contribution in [3.05, 3.63) is 48.0 Å². The summed E-state index contributed by atoms with van der Waals surface area (Å²) in [5.74, 6) is 1.30. The Morgan fingerprint density at radius 1 is 1.29 bits per heavy atom. The number of amides is 1. The summed E-state index contributed by atoms with van der Waals surface area (Å²) >= 11 is 0. The number of carbonyl (C=O) groups is 1.